The van der Waals surface area contributed by atoms with Crippen LogP contribution in [0.5, 0.6) is 11.5 Å². The van der Waals surface area contributed by atoms with E-state index in [4.69, 9.17) is 13.9 Å². The van der Waals surface area contributed by atoms with Crippen molar-refractivity contribution in [2.75, 3.05) is 27.3 Å². The van der Waals surface area contributed by atoms with Gasteiger partial charge in [0.2, 0.25) is 5.36 Å². The summed E-state index contributed by atoms with van der Waals surface area (Å²) in [5.41, 5.74) is 1.85. The molecule has 0 aliphatic heterocycles. The second-order valence-corrected chi connectivity index (χ2v) is 6.55. The molecule has 0 aliphatic carbocycles. The second-order valence-electron chi connectivity index (χ2n) is 6.55. The van der Waals surface area contributed by atoms with E-state index in [1.165, 1.54) is 5.36 Å². The Morgan fingerprint density at radius 2 is 1.56 bits per heavy atom. The minimum Gasteiger partial charge on any atom is -0.493 e. The molecule has 3 aromatic rings. The standard InChI is InChI=1S/C23H28NO3/c1-5-13-24(14-6-2)19-16-22(27-20-10-8-7-9-18(19)20)17-11-12-21(25-3)23(15-17)26-4/h7-12,15-16H,5-6,13-14H2,1-4H3/q+1. The monoisotopic (exact) mass is 366 g/mol. The van der Waals surface area contributed by atoms with E-state index in [9.17, 15) is 0 Å². The van der Waals surface area contributed by atoms with Crippen LogP contribution in [-0.4, -0.2) is 27.3 Å². The quantitative estimate of drug-likeness (QED) is 0.568. The molecule has 4 nitrogen and oxygen atoms in total. The topological polar surface area (TPSA) is 34.6 Å². The lowest BCUT2D eigenvalue weighted by Crippen LogP contribution is -2.32. The van der Waals surface area contributed by atoms with Gasteiger partial charge in [-0.15, -0.1) is 0 Å². The maximum absolute atomic E-state index is 6.24. The molecule has 0 fully saturated rings. The van der Waals surface area contributed by atoms with Crippen LogP contribution in [0.1, 0.15) is 26.7 Å². The zero-order valence-electron chi connectivity index (χ0n) is 16.6. The van der Waals surface area contributed by atoms with Gasteiger partial charge in [0, 0.05) is 18.4 Å². The van der Waals surface area contributed by atoms with Crippen LogP contribution in [0.3, 0.4) is 0 Å². The summed E-state index contributed by atoms with van der Waals surface area (Å²) in [7, 11) is 3.29. The molecule has 1 heterocycles. The van der Waals surface area contributed by atoms with Gasteiger partial charge < -0.3 is 13.9 Å². The van der Waals surface area contributed by atoms with Crippen LogP contribution in [0.25, 0.3) is 22.3 Å². The van der Waals surface area contributed by atoms with Crippen molar-refractivity contribution in [1.82, 2.24) is 4.58 Å². The van der Waals surface area contributed by atoms with Crippen molar-refractivity contribution in [2.24, 2.45) is 0 Å². The van der Waals surface area contributed by atoms with E-state index in [1.54, 1.807) is 14.2 Å². The van der Waals surface area contributed by atoms with Crippen molar-refractivity contribution in [3.8, 4) is 22.8 Å². The third kappa shape index (κ3) is 4.00. The van der Waals surface area contributed by atoms with Gasteiger partial charge in [0.05, 0.1) is 25.7 Å². The number of rotatable bonds is 7. The van der Waals surface area contributed by atoms with E-state index in [-0.39, 0.29) is 0 Å². The van der Waals surface area contributed by atoms with Crippen molar-refractivity contribution in [3.05, 3.63) is 53.9 Å². The van der Waals surface area contributed by atoms with E-state index in [0.717, 1.165) is 48.2 Å². The third-order valence-electron chi connectivity index (χ3n) is 4.65. The Kier molecular flexibility index (Phi) is 6.17. The van der Waals surface area contributed by atoms with E-state index in [1.807, 2.05) is 30.3 Å². The zero-order valence-corrected chi connectivity index (χ0v) is 16.6. The Morgan fingerprint density at radius 3 is 2.22 bits per heavy atom. The van der Waals surface area contributed by atoms with E-state index >= 15 is 0 Å². The molecule has 4 heteroatoms. The number of hydrogen-bond donors (Lipinski definition) is 0. The number of benzene rings is 2. The summed E-state index contributed by atoms with van der Waals surface area (Å²) in [5.74, 6) is 2.22. The van der Waals surface area contributed by atoms with Crippen LogP contribution in [0.15, 0.2) is 52.9 Å². The van der Waals surface area contributed by atoms with Gasteiger partial charge in [-0.1, -0.05) is 26.0 Å². The van der Waals surface area contributed by atoms with Gasteiger partial charge in [-0.05, 0) is 30.3 Å². The predicted octanol–water partition coefficient (Wildman–Crippen LogP) is 4.71. The lowest BCUT2D eigenvalue weighted by atomic mass is 10.1. The molecule has 1 aromatic heterocycles. The summed E-state index contributed by atoms with van der Waals surface area (Å²) >= 11 is 0. The van der Waals surface area contributed by atoms with Crippen LogP contribution < -0.4 is 19.4 Å². The first-order chi connectivity index (χ1) is 13.2. The summed E-state index contributed by atoms with van der Waals surface area (Å²) in [6.45, 7) is 6.47. The number of hydrogen-bond acceptors (Lipinski definition) is 3. The van der Waals surface area contributed by atoms with Gasteiger partial charge in [0.15, 0.2) is 11.5 Å². The average Bonchev–Trinajstić information content (AvgIpc) is 2.72. The van der Waals surface area contributed by atoms with Crippen LogP contribution in [0.2, 0.25) is 0 Å². The van der Waals surface area contributed by atoms with Gasteiger partial charge in [-0.25, -0.2) is 4.58 Å². The van der Waals surface area contributed by atoms with Gasteiger partial charge >= 0.3 is 0 Å². The van der Waals surface area contributed by atoms with Gasteiger partial charge in [-0.3, -0.25) is 0 Å². The summed E-state index contributed by atoms with van der Waals surface area (Å²) in [6, 6.07) is 16.3. The van der Waals surface area contributed by atoms with E-state index in [0.29, 0.717) is 11.5 Å². The Balaban J connectivity index is 2.28. The van der Waals surface area contributed by atoms with Crippen LogP contribution >= 0.6 is 0 Å². The normalized spacial score (nSPS) is 10.8. The Labute approximate surface area is 160 Å². The molecule has 3 rings (SSSR count). The smallest absolute Gasteiger partial charge is 0.214 e. The fourth-order valence-corrected chi connectivity index (χ4v) is 3.40. The van der Waals surface area contributed by atoms with Crippen molar-refractivity contribution in [1.29, 1.82) is 0 Å². The molecule has 0 aliphatic rings. The minimum atomic E-state index is 0.693. The third-order valence-corrected chi connectivity index (χ3v) is 4.65. The van der Waals surface area contributed by atoms with Crippen molar-refractivity contribution in [2.45, 2.75) is 26.7 Å². The number of methoxy groups -OCH3 is 2. The molecule has 0 bridgehead atoms. The maximum atomic E-state index is 6.24. The molecule has 142 valence electrons. The highest BCUT2D eigenvalue weighted by Gasteiger charge is 2.14. The SMILES string of the molecule is CCC[N+](CCC)=c1cc(-c2ccc(OC)c(OC)c2)oc2ccccc12. The number of para-hydroxylation sites is 1. The fraction of sp³-hybridized carbons (Fsp3) is 0.348. The summed E-state index contributed by atoms with van der Waals surface area (Å²) < 4.78 is 19.5. The molecular weight excluding hydrogens is 338 g/mol. The number of ether oxygens (including phenoxy) is 2. The molecule has 0 amide bonds. The summed E-state index contributed by atoms with van der Waals surface area (Å²) in [4.78, 5) is 0. The molecule has 0 radical (unpaired) electrons. The average molecular weight is 366 g/mol. The largest absolute Gasteiger partial charge is 0.493 e. The molecule has 0 saturated carbocycles. The molecule has 0 unspecified atom stereocenters. The van der Waals surface area contributed by atoms with Crippen LogP contribution in [-0.2, 0) is 0 Å². The molecular formula is C23H28NO3+. The highest BCUT2D eigenvalue weighted by molar-refractivity contribution is 5.78. The number of fused-ring (bicyclic) bond motifs is 1. The van der Waals surface area contributed by atoms with Crippen LogP contribution in [0, 0.1) is 0 Å². The Hall–Kier alpha value is -2.75. The summed E-state index contributed by atoms with van der Waals surface area (Å²) in [5, 5.41) is 2.36. The molecule has 0 saturated heterocycles. The first-order valence-corrected chi connectivity index (χ1v) is 9.55. The van der Waals surface area contributed by atoms with Gasteiger partial charge in [0.25, 0.3) is 0 Å². The molecule has 27 heavy (non-hydrogen) atoms. The highest BCUT2D eigenvalue weighted by Crippen LogP contribution is 2.32. The maximum Gasteiger partial charge on any atom is 0.214 e. The van der Waals surface area contributed by atoms with Crippen LogP contribution in [0.4, 0.5) is 0 Å². The lowest BCUT2D eigenvalue weighted by Gasteiger charge is -2.10. The molecule has 0 atom stereocenters. The Bertz CT molecular complexity index is 980. The van der Waals surface area contributed by atoms with Gasteiger partial charge in [0.1, 0.15) is 24.4 Å². The number of nitrogens with zero attached hydrogens (tertiary/aromatic N) is 1. The van der Waals surface area contributed by atoms with Crippen molar-refractivity contribution < 1.29 is 13.9 Å². The molecule has 2 aromatic carbocycles. The van der Waals surface area contributed by atoms with E-state index < -0.39 is 0 Å². The van der Waals surface area contributed by atoms with Crippen molar-refractivity contribution >= 4 is 11.0 Å². The highest BCUT2D eigenvalue weighted by atomic mass is 16.5. The van der Waals surface area contributed by atoms with E-state index in [2.05, 4.69) is 36.6 Å². The lowest BCUT2D eigenvalue weighted by molar-refractivity contribution is 0.355. The first kappa shape index (κ1) is 19.0. The minimum absolute atomic E-state index is 0.693. The van der Waals surface area contributed by atoms with Crippen molar-refractivity contribution in [3.63, 3.8) is 0 Å². The molecule has 0 N–H and O–H groups in total. The molecule has 0 spiro atoms. The second kappa shape index (κ2) is 8.76. The zero-order chi connectivity index (χ0) is 19.2. The first-order valence-electron chi connectivity index (χ1n) is 9.55. The Morgan fingerprint density at radius 1 is 0.852 bits per heavy atom. The summed E-state index contributed by atoms with van der Waals surface area (Å²) in [6.07, 6.45) is 2.21. The predicted molar refractivity (Wildman–Crippen MR) is 110 cm³/mol. The fourth-order valence-electron chi connectivity index (χ4n) is 3.40. The van der Waals surface area contributed by atoms with Gasteiger partial charge in [-0.2, -0.15) is 0 Å².